The normalized spacial score (nSPS) is 15.2. The number of imidazole rings is 1. The molecule has 2 aromatic rings. The predicted molar refractivity (Wildman–Crippen MR) is 51.0 cm³/mol. The molecule has 0 saturated carbocycles. The number of nitrogens with one attached hydrogen (secondary N) is 2. The summed E-state index contributed by atoms with van der Waals surface area (Å²) >= 11 is 0. The van der Waals surface area contributed by atoms with Crippen molar-refractivity contribution in [3.8, 4) is 0 Å². The fraction of sp³-hybridized carbons (Fsp3) is 0.125. The zero-order valence-electron chi connectivity index (χ0n) is 6.91. The lowest BCUT2D eigenvalue weighted by atomic mass is 10.2. The molecule has 0 spiro atoms. The lowest BCUT2D eigenvalue weighted by Gasteiger charge is -2.11. The van der Waals surface area contributed by atoms with Gasteiger partial charge in [-0.15, -0.1) is 0 Å². The van der Waals surface area contributed by atoms with E-state index in [1.807, 2.05) is 22.9 Å². The topological polar surface area (TPSA) is 70.6 Å². The van der Waals surface area contributed by atoms with E-state index in [2.05, 4.69) is 15.3 Å². The van der Waals surface area contributed by atoms with E-state index < -0.39 is 0 Å². The summed E-state index contributed by atoms with van der Waals surface area (Å²) in [6.45, 7) is 0.552. The molecule has 2 aromatic heterocycles. The summed E-state index contributed by atoms with van der Waals surface area (Å²) < 4.78 is 2.02. The highest BCUT2D eigenvalue weighted by Gasteiger charge is 2.16. The maximum Gasteiger partial charge on any atom is 0.131 e. The second-order valence-corrected chi connectivity index (χ2v) is 3.00. The first-order valence-electron chi connectivity index (χ1n) is 4.09. The van der Waals surface area contributed by atoms with E-state index >= 15 is 0 Å². The zero-order valence-corrected chi connectivity index (χ0v) is 6.91. The van der Waals surface area contributed by atoms with Crippen molar-refractivity contribution in [2.45, 2.75) is 0 Å². The minimum absolute atomic E-state index is 0.552. The van der Waals surface area contributed by atoms with Crippen LogP contribution in [0.5, 0.6) is 0 Å². The molecule has 0 saturated heterocycles. The molecule has 0 amide bonds. The highest BCUT2D eigenvalue weighted by Crippen LogP contribution is 2.22. The predicted octanol–water partition coefficient (Wildman–Crippen LogP) is 0.356. The Bertz CT molecular complexity index is 490. The average Bonchev–Trinajstić information content (AvgIpc) is 2.65. The molecule has 0 fully saturated rings. The van der Waals surface area contributed by atoms with Crippen LogP contribution in [0.3, 0.4) is 0 Å². The summed E-state index contributed by atoms with van der Waals surface area (Å²) in [7, 11) is 0. The van der Waals surface area contributed by atoms with Gasteiger partial charge in [0.2, 0.25) is 0 Å². The van der Waals surface area contributed by atoms with Crippen molar-refractivity contribution in [2.75, 3.05) is 12.0 Å². The number of aliphatic imine (C=N–C) groups is 1. The van der Waals surface area contributed by atoms with Crippen LogP contribution in [0.4, 0.5) is 5.82 Å². The number of aromatic amines is 1. The Labute approximate surface area is 74.3 Å². The highest BCUT2D eigenvalue weighted by molar-refractivity contribution is 6.04. The number of nitrogens with two attached hydrogens (primary N) is 1. The van der Waals surface area contributed by atoms with Gasteiger partial charge in [0.25, 0.3) is 0 Å². The Morgan fingerprint density at radius 3 is 3.38 bits per heavy atom. The van der Waals surface area contributed by atoms with E-state index in [0.29, 0.717) is 12.5 Å². The highest BCUT2D eigenvalue weighted by atomic mass is 15.2. The number of aromatic nitrogens is 2. The molecule has 0 bridgehead atoms. The summed E-state index contributed by atoms with van der Waals surface area (Å²) in [4.78, 5) is 7.21. The summed E-state index contributed by atoms with van der Waals surface area (Å²) in [6, 6.07) is 1.99. The largest absolute Gasteiger partial charge is 0.383 e. The first-order valence-corrected chi connectivity index (χ1v) is 4.09. The third kappa shape index (κ3) is 0.729. The smallest absolute Gasteiger partial charge is 0.131 e. The van der Waals surface area contributed by atoms with Gasteiger partial charge in [0.05, 0.1) is 5.56 Å². The van der Waals surface area contributed by atoms with Gasteiger partial charge in [0.1, 0.15) is 24.0 Å². The first-order chi connectivity index (χ1) is 6.36. The summed E-state index contributed by atoms with van der Waals surface area (Å²) in [5.41, 5.74) is 7.75. The van der Waals surface area contributed by atoms with E-state index in [9.17, 15) is 0 Å². The number of H-pyrrole nitrogens is 1. The molecule has 0 aliphatic carbocycles. The number of anilines is 1. The molecule has 66 valence electrons. The van der Waals surface area contributed by atoms with Crippen molar-refractivity contribution in [2.24, 2.45) is 10.7 Å². The van der Waals surface area contributed by atoms with Crippen molar-refractivity contribution in [1.29, 1.82) is 0 Å². The van der Waals surface area contributed by atoms with Gasteiger partial charge in [-0.05, 0) is 6.07 Å². The van der Waals surface area contributed by atoms with Gasteiger partial charge in [-0.2, -0.15) is 0 Å². The Hall–Kier alpha value is -1.91. The third-order valence-corrected chi connectivity index (χ3v) is 2.26. The van der Waals surface area contributed by atoms with Crippen molar-refractivity contribution in [1.82, 2.24) is 9.38 Å². The lowest BCUT2D eigenvalue weighted by Crippen LogP contribution is -2.21. The molecule has 1 aliphatic rings. The van der Waals surface area contributed by atoms with E-state index in [1.54, 1.807) is 0 Å². The second kappa shape index (κ2) is 2.07. The third-order valence-electron chi connectivity index (χ3n) is 2.26. The molecule has 1 aliphatic heterocycles. The van der Waals surface area contributed by atoms with Crippen molar-refractivity contribution in [3.63, 3.8) is 0 Å². The lowest BCUT2D eigenvalue weighted by molar-refractivity contribution is 1.06. The summed E-state index contributed by atoms with van der Waals surface area (Å²) in [5, 5.41) is 3.18. The number of fused-ring (bicyclic) bond motifs is 3. The molecule has 4 N–H and O–H groups in total. The molecule has 3 rings (SSSR count). The van der Waals surface area contributed by atoms with Crippen molar-refractivity contribution in [3.05, 3.63) is 24.0 Å². The van der Waals surface area contributed by atoms with Crippen LogP contribution in [0, 0.1) is 0 Å². The summed E-state index contributed by atoms with van der Waals surface area (Å²) in [5.74, 6) is 1.62. The number of hydrogen-bond donors (Lipinski definition) is 3. The van der Waals surface area contributed by atoms with Gasteiger partial charge >= 0.3 is 0 Å². The van der Waals surface area contributed by atoms with Gasteiger partial charge in [0.15, 0.2) is 0 Å². The Balaban J connectivity index is 2.39. The molecular weight excluding hydrogens is 166 g/mol. The standard InChI is InChI=1S/C8H9N5/c9-7-5-3-6-10-1-2-13(6)8(5)12-4-11-7/h1-3,10,12H,4H2,(H2,9,11). The SMILES string of the molecule is NC1=NCNc2c1cc1[nH]ccn21. The van der Waals surface area contributed by atoms with Crippen LogP contribution in [0.25, 0.3) is 5.65 Å². The van der Waals surface area contributed by atoms with Gasteiger partial charge in [-0.25, -0.2) is 4.99 Å². The van der Waals surface area contributed by atoms with Crippen molar-refractivity contribution < 1.29 is 0 Å². The first kappa shape index (κ1) is 6.59. The van der Waals surface area contributed by atoms with E-state index in [4.69, 9.17) is 5.73 Å². The molecule has 0 atom stereocenters. The van der Waals surface area contributed by atoms with E-state index in [-0.39, 0.29) is 0 Å². The Morgan fingerprint density at radius 1 is 1.54 bits per heavy atom. The van der Waals surface area contributed by atoms with Crippen LogP contribution < -0.4 is 11.1 Å². The molecule has 0 radical (unpaired) electrons. The molecule has 5 heteroatoms. The zero-order chi connectivity index (χ0) is 8.84. The maximum atomic E-state index is 5.75. The Morgan fingerprint density at radius 2 is 2.46 bits per heavy atom. The second-order valence-electron chi connectivity index (χ2n) is 3.00. The monoisotopic (exact) mass is 175 g/mol. The number of rotatable bonds is 0. The molecular formula is C8H9N5. The van der Waals surface area contributed by atoms with Crippen LogP contribution >= 0.6 is 0 Å². The summed E-state index contributed by atoms with van der Waals surface area (Å²) in [6.07, 6.45) is 3.85. The molecule has 5 nitrogen and oxygen atoms in total. The Kier molecular flexibility index (Phi) is 1.05. The average molecular weight is 175 g/mol. The van der Waals surface area contributed by atoms with Crippen LogP contribution in [0.2, 0.25) is 0 Å². The molecule has 13 heavy (non-hydrogen) atoms. The van der Waals surface area contributed by atoms with Crippen LogP contribution in [0.15, 0.2) is 23.5 Å². The van der Waals surface area contributed by atoms with Gasteiger partial charge in [-0.1, -0.05) is 0 Å². The van der Waals surface area contributed by atoms with Gasteiger partial charge < -0.3 is 16.0 Å². The minimum atomic E-state index is 0.552. The van der Waals surface area contributed by atoms with Gasteiger partial charge in [0, 0.05) is 12.4 Å². The van der Waals surface area contributed by atoms with Crippen molar-refractivity contribution >= 4 is 17.3 Å². The van der Waals surface area contributed by atoms with E-state index in [0.717, 1.165) is 17.0 Å². The maximum absolute atomic E-state index is 5.75. The fourth-order valence-corrected chi connectivity index (χ4v) is 1.65. The number of nitrogens with zero attached hydrogens (tertiary/aromatic N) is 2. The van der Waals surface area contributed by atoms with Crippen LogP contribution in [-0.2, 0) is 0 Å². The fourth-order valence-electron chi connectivity index (χ4n) is 1.65. The number of hydrogen-bond acceptors (Lipinski definition) is 3. The molecule has 3 heterocycles. The van der Waals surface area contributed by atoms with Crippen LogP contribution in [0.1, 0.15) is 5.56 Å². The number of amidine groups is 1. The molecule has 0 unspecified atom stereocenters. The van der Waals surface area contributed by atoms with Crippen LogP contribution in [-0.4, -0.2) is 21.9 Å². The molecule has 0 aromatic carbocycles. The minimum Gasteiger partial charge on any atom is -0.383 e. The van der Waals surface area contributed by atoms with Gasteiger partial charge in [-0.3, -0.25) is 4.40 Å². The quantitative estimate of drug-likeness (QED) is 0.541. The van der Waals surface area contributed by atoms with E-state index in [1.165, 1.54) is 0 Å².